The highest BCUT2D eigenvalue weighted by molar-refractivity contribution is 5.94. The first-order chi connectivity index (χ1) is 9.74. The third-order valence-electron chi connectivity index (χ3n) is 3.68. The van der Waals surface area contributed by atoms with Gasteiger partial charge < -0.3 is 10.6 Å². The molecule has 0 aliphatic carbocycles. The lowest BCUT2D eigenvalue weighted by Gasteiger charge is -2.08. The molecule has 110 valence electrons. The molecule has 0 spiro atoms. The van der Waals surface area contributed by atoms with E-state index in [9.17, 15) is 4.79 Å². The lowest BCUT2D eigenvalue weighted by atomic mass is 10.1. The van der Waals surface area contributed by atoms with Gasteiger partial charge in [-0.25, -0.2) is 0 Å². The van der Waals surface area contributed by atoms with Crippen LogP contribution in [0.3, 0.4) is 0 Å². The molecule has 2 N–H and O–H groups in total. The van der Waals surface area contributed by atoms with Crippen LogP contribution >= 0.6 is 12.4 Å². The fourth-order valence-corrected chi connectivity index (χ4v) is 2.41. The number of amides is 1. The van der Waals surface area contributed by atoms with Crippen molar-refractivity contribution in [1.82, 2.24) is 15.6 Å². The van der Waals surface area contributed by atoms with Crippen molar-refractivity contribution in [2.45, 2.75) is 26.6 Å². The highest BCUT2D eigenvalue weighted by atomic mass is 35.5. The molecule has 5 heteroatoms. The number of hydrogen-bond donors (Lipinski definition) is 2. The van der Waals surface area contributed by atoms with E-state index in [-0.39, 0.29) is 18.3 Å². The molecule has 0 atom stereocenters. The molecule has 1 aliphatic rings. The van der Waals surface area contributed by atoms with Crippen LogP contribution < -0.4 is 10.6 Å². The Morgan fingerprint density at radius 3 is 2.90 bits per heavy atom. The van der Waals surface area contributed by atoms with E-state index < -0.39 is 0 Å². The zero-order valence-electron chi connectivity index (χ0n) is 11.8. The molecule has 0 radical (unpaired) electrons. The van der Waals surface area contributed by atoms with E-state index in [1.165, 1.54) is 11.1 Å². The number of fused-ring (bicyclic) bond motifs is 1. The SMILES string of the molecule is Cc1cnccc1CNC(=O)c1ccc2c(c1)CNC2.Cl. The summed E-state index contributed by atoms with van der Waals surface area (Å²) in [6.07, 6.45) is 3.55. The molecule has 0 fully saturated rings. The number of pyridine rings is 1. The minimum absolute atomic E-state index is 0. The highest BCUT2D eigenvalue weighted by Crippen LogP contribution is 2.17. The molecular formula is C16H18ClN3O. The van der Waals surface area contributed by atoms with Crippen LogP contribution in [-0.4, -0.2) is 10.9 Å². The van der Waals surface area contributed by atoms with Gasteiger partial charge in [-0.1, -0.05) is 6.07 Å². The first kappa shape index (κ1) is 15.5. The van der Waals surface area contributed by atoms with Crippen molar-refractivity contribution in [2.24, 2.45) is 0 Å². The number of carbonyl (C=O) groups excluding carboxylic acids is 1. The molecule has 21 heavy (non-hydrogen) atoms. The molecular weight excluding hydrogens is 286 g/mol. The van der Waals surface area contributed by atoms with Gasteiger partial charge in [0.1, 0.15) is 0 Å². The second-order valence-electron chi connectivity index (χ2n) is 5.07. The maximum absolute atomic E-state index is 12.2. The van der Waals surface area contributed by atoms with Crippen molar-refractivity contribution in [1.29, 1.82) is 0 Å². The van der Waals surface area contributed by atoms with Crippen LogP contribution in [0.2, 0.25) is 0 Å². The number of aryl methyl sites for hydroxylation is 1. The summed E-state index contributed by atoms with van der Waals surface area (Å²) in [5.74, 6) is -0.0316. The molecule has 1 amide bonds. The van der Waals surface area contributed by atoms with E-state index in [2.05, 4.69) is 15.6 Å². The number of hydrogen-bond acceptors (Lipinski definition) is 3. The maximum atomic E-state index is 12.2. The van der Waals surface area contributed by atoms with Gasteiger partial charge in [0.05, 0.1) is 0 Å². The second kappa shape index (κ2) is 6.70. The Morgan fingerprint density at radius 1 is 1.29 bits per heavy atom. The van der Waals surface area contributed by atoms with Gasteiger partial charge in [-0.05, 0) is 47.4 Å². The number of halogens is 1. The van der Waals surface area contributed by atoms with Crippen LogP contribution in [0.15, 0.2) is 36.7 Å². The molecule has 2 aromatic rings. The van der Waals surface area contributed by atoms with Gasteiger partial charge in [-0.3, -0.25) is 9.78 Å². The van der Waals surface area contributed by atoms with E-state index >= 15 is 0 Å². The quantitative estimate of drug-likeness (QED) is 0.915. The molecule has 0 saturated carbocycles. The summed E-state index contributed by atoms with van der Waals surface area (Å²) in [4.78, 5) is 16.2. The molecule has 0 saturated heterocycles. The van der Waals surface area contributed by atoms with Crippen LogP contribution in [0.1, 0.15) is 32.6 Å². The topological polar surface area (TPSA) is 54.0 Å². The standard InChI is InChI=1S/C16H17N3O.ClH/c1-11-7-17-5-4-13(11)10-19-16(20)12-2-3-14-8-18-9-15(14)6-12;/h2-7,18H,8-10H2,1H3,(H,19,20);1H. The Balaban J connectivity index is 0.00000161. The predicted octanol–water partition coefficient (Wildman–Crippen LogP) is 2.35. The van der Waals surface area contributed by atoms with Crippen molar-refractivity contribution in [2.75, 3.05) is 0 Å². The Bertz CT molecular complexity index is 658. The lowest BCUT2D eigenvalue weighted by Crippen LogP contribution is -2.23. The predicted molar refractivity (Wildman–Crippen MR) is 84.4 cm³/mol. The number of carbonyl (C=O) groups is 1. The molecule has 1 aliphatic heterocycles. The monoisotopic (exact) mass is 303 g/mol. The van der Waals surface area contributed by atoms with E-state index in [0.717, 1.165) is 29.8 Å². The summed E-state index contributed by atoms with van der Waals surface area (Å²) in [7, 11) is 0. The summed E-state index contributed by atoms with van der Waals surface area (Å²) in [5, 5.41) is 6.24. The molecule has 4 nitrogen and oxygen atoms in total. The van der Waals surface area contributed by atoms with Gasteiger partial charge in [0.2, 0.25) is 0 Å². The number of nitrogens with zero attached hydrogens (tertiary/aromatic N) is 1. The summed E-state index contributed by atoms with van der Waals surface area (Å²) in [5.41, 5.74) is 5.41. The van der Waals surface area contributed by atoms with E-state index in [1.807, 2.05) is 37.4 Å². The van der Waals surface area contributed by atoms with Gasteiger partial charge in [0, 0.05) is 37.6 Å². The van der Waals surface area contributed by atoms with Gasteiger partial charge in [0.25, 0.3) is 5.91 Å². The normalized spacial score (nSPS) is 12.4. The van der Waals surface area contributed by atoms with Crippen LogP contribution in [-0.2, 0) is 19.6 Å². The highest BCUT2D eigenvalue weighted by Gasteiger charge is 2.13. The van der Waals surface area contributed by atoms with Crippen LogP contribution in [0.4, 0.5) is 0 Å². The second-order valence-corrected chi connectivity index (χ2v) is 5.07. The number of aromatic nitrogens is 1. The Kier molecular flexibility index (Phi) is 4.94. The lowest BCUT2D eigenvalue weighted by molar-refractivity contribution is 0.0951. The molecule has 2 heterocycles. The molecule has 1 aromatic carbocycles. The number of benzene rings is 1. The van der Waals surface area contributed by atoms with Crippen molar-refractivity contribution in [3.05, 3.63) is 64.5 Å². The zero-order valence-corrected chi connectivity index (χ0v) is 12.7. The first-order valence-corrected chi connectivity index (χ1v) is 6.74. The van der Waals surface area contributed by atoms with E-state index in [1.54, 1.807) is 6.20 Å². The van der Waals surface area contributed by atoms with Crippen LogP contribution in [0.5, 0.6) is 0 Å². The first-order valence-electron chi connectivity index (χ1n) is 6.74. The number of nitrogens with one attached hydrogen (secondary N) is 2. The van der Waals surface area contributed by atoms with Gasteiger partial charge in [-0.2, -0.15) is 0 Å². The fourth-order valence-electron chi connectivity index (χ4n) is 2.41. The van der Waals surface area contributed by atoms with Crippen molar-refractivity contribution < 1.29 is 4.79 Å². The van der Waals surface area contributed by atoms with Gasteiger partial charge >= 0.3 is 0 Å². The molecule has 0 unspecified atom stereocenters. The average molecular weight is 304 g/mol. The third kappa shape index (κ3) is 3.40. The van der Waals surface area contributed by atoms with Crippen molar-refractivity contribution >= 4 is 18.3 Å². The van der Waals surface area contributed by atoms with Crippen LogP contribution in [0, 0.1) is 6.92 Å². The van der Waals surface area contributed by atoms with E-state index in [4.69, 9.17) is 0 Å². The molecule has 1 aromatic heterocycles. The zero-order chi connectivity index (χ0) is 13.9. The van der Waals surface area contributed by atoms with E-state index in [0.29, 0.717) is 6.54 Å². The fraction of sp³-hybridized carbons (Fsp3) is 0.250. The minimum Gasteiger partial charge on any atom is -0.348 e. The summed E-state index contributed by atoms with van der Waals surface area (Å²) < 4.78 is 0. The van der Waals surface area contributed by atoms with Gasteiger partial charge in [0.15, 0.2) is 0 Å². The Morgan fingerprint density at radius 2 is 2.10 bits per heavy atom. The van der Waals surface area contributed by atoms with Crippen LogP contribution in [0.25, 0.3) is 0 Å². The van der Waals surface area contributed by atoms with Gasteiger partial charge in [-0.15, -0.1) is 12.4 Å². The number of rotatable bonds is 3. The average Bonchev–Trinajstić information content (AvgIpc) is 2.93. The van der Waals surface area contributed by atoms with Crippen molar-refractivity contribution in [3.63, 3.8) is 0 Å². The largest absolute Gasteiger partial charge is 0.348 e. The van der Waals surface area contributed by atoms with Crippen molar-refractivity contribution in [3.8, 4) is 0 Å². The smallest absolute Gasteiger partial charge is 0.251 e. The molecule has 3 rings (SSSR count). The maximum Gasteiger partial charge on any atom is 0.251 e. The Hall–Kier alpha value is -1.91. The summed E-state index contributed by atoms with van der Waals surface area (Å²) in [6.45, 7) is 4.27. The summed E-state index contributed by atoms with van der Waals surface area (Å²) in [6, 6.07) is 7.83. The Labute approximate surface area is 130 Å². The molecule has 0 bridgehead atoms. The third-order valence-corrected chi connectivity index (χ3v) is 3.68. The minimum atomic E-state index is -0.0316. The summed E-state index contributed by atoms with van der Waals surface area (Å²) >= 11 is 0.